The molecular weight excluding hydrogens is 496 g/mol. The van der Waals surface area contributed by atoms with Gasteiger partial charge in [-0.2, -0.15) is 0 Å². The van der Waals surface area contributed by atoms with Crippen molar-refractivity contribution in [3.05, 3.63) is 54.6 Å². The summed E-state index contributed by atoms with van der Waals surface area (Å²) in [5.41, 5.74) is 0.604. The Kier molecular flexibility index (Phi) is 8.66. The van der Waals surface area contributed by atoms with Gasteiger partial charge in [0.1, 0.15) is 17.6 Å². The molecule has 1 aromatic carbocycles. The number of carbonyl (C=O) groups excluding carboxylic acids is 3. The Morgan fingerprint density at radius 3 is 2.54 bits per heavy atom. The van der Waals surface area contributed by atoms with Gasteiger partial charge in [-0.3, -0.25) is 14.4 Å². The van der Waals surface area contributed by atoms with E-state index >= 15 is 0 Å². The smallest absolute Gasteiger partial charge is 0.312 e. The Balaban J connectivity index is 1.73. The highest BCUT2D eigenvalue weighted by molar-refractivity contribution is 6.05. The summed E-state index contributed by atoms with van der Waals surface area (Å²) >= 11 is 0. The van der Waals surface area contributed by atoms with Gasteiger partial charge in [0.2, 0.25) is 5.91 Å². The van der Waals surface area contributed by atoms with Crippen LogP contribution in [0.1, 0.15) is 56.6 Å². The summed E-state index contributed by atoms with van der Waals surface area (Å²) in [6, 6.07) is 4.86. The first-order valence-electron chi connectivity index (χ1n) is 14.1. The van der Waals surface area contributed by atoms with Crippen LogP contribution in [0.2, 0.25) is 0 Å². The second-order valence-electron chi connectivity index (χ2n) is 11.0. The van der Waals surface area contributed by atoms with E-state index in [-0.39, 0.29) is 38.1 Å². The molecule has 212 valence electrons. The summed E-state index contributed by atoms with van der Waals surface area (Å²) in [6.45, 7) is 13.6. The van der Waals surface area contributed by atoms with E-state index in [9.17, 15) is 19.5 Å². The number of carbonyl (C=O) groups is 3. The van der Waals surface area contributed by atoms with Crippen LogP contribution in [-0.2, 0) is 23.9 Å². The lowest BCUT2D eigenvalue weighted by atomic mass is 9.65. The highest BCUT2D eigenvalue weighted by Crippen LogP contribution is 2.64. The van der Waals surface area contributed by atoms with Crippen LogP contribution in [0, 0.1) is 25.7 Å². The number of nitrogens with zero attached hydrogens (tertiary/aromatic N) is 2. The van der Waals surface area contributed by atoms with Crippen molar-refractivity contribution < 1.29 is 29.0 Å². The number of allylic oxidation sites excluding steroid dienone is 1. The van der Waals surface area contributed by atoms with Crippen LogP contribution in [0.4, 0.5) is 5.69 Å². The molecule has 1 N–H and O–H groups in total. The average molecular weight is 539 g/mol. The molecule has 2 amide bonds. The van der Waals surface area contributed by atoms with Gasteiger partial charge in [0.25, 0.3) is 5.91 Å². The van der Waals surface area contributed by atoms with Crippen molar-refractivity contribution in [3.63, 3.8) is 0 Å². The monoisotopic (exact) mass is 538 g/mol. The number of aliphatic hydroxyl groups excluding tert-OH is 1. The fourth-order valence-electron chi connectivity index (χ4n) is 7.16. The zero-order chi connectivity index (χ0) is 28.4. The fourth-order valence-corrected chi connectivity index (χ4v) is 7.16. The third kappa shape index (κ3) is 4.72. The third-order valence-electron chi connectivity index (χ3n) is 8.84. The normalized spacial score (nSPS) is 28.9. The maximum atomic E-state index is 14.5. The lowest BCUT2D eigenvalue weighted by Crippen LogP contribution is -2.57. The van der Waals surface area contributed by atoms with Crippen LogP contribution in [0.25, 0.3) is 0 Å². The van der Waals surface area contributed by atoms with Crippen molar-refractivity contribution in [1.29, 1.82) is 0 Å². The molecule has 1 aromatic rings. The van der Waals surface area contributed by atoms with Crippen LogP contribution in [0.5, 0.6) is 0 Å². The average Bonchev–Trinajstić information content (AvgIpc) is 3.51. The number of rotatable bonds is 13. The molecule has 3 heterocycles. The summed E-state index contributed by atoms with van der Waals surface area (Å²) in [5, 5.41) is 9.91. The summed E-state index contributed by atoms with van der Waals surface area (Å²) in [7, 11) is 0. The standard InChI is InChI=1S/C31H42N2O6/c1-6-9-10-11-20-38-29(37)24-23-27(35)33(18-19-34)26(31(23)16-15-30(24,8-3)39-31)28(36)32(17-7-2)25-21(4)13-12-14-22(25)5/h6-7,12-14,23-24,26,34H,1-2,8-11,15-20H2,3-5H3/t23-,24-,26?,30+,31?/m0/s1. The number of aryl methyl sites for hydroxylation is 2. The third-order valence-corrected chi connectivity index (χ3v) is 8.84. The van der Waals surface area contributed by atoms with Gasteiger partial charge in [0, 0.05) is 18.8 Å². The first-order chi connectivity index (χ1) is 18.7. The highest BCUT2D eigenvalue weighted by Gasteiger charge is 2.79. The molecule has 0 aliphatic carbocycles. The van der Waals surface area contributed by atoms with Crippen LogP contribution in [-0.4, -0.2) is 71.3 Å². The Bertz CT molecular complexity index is 1110. The van der Waals surface area contributed by atoms with Gasteiger partial charge in [-0.1, -0.05) is 37.3 Å². The number of unbranched alkanes of at least 4 members (excludes halogenated alkanes) is 2. The number of hydrogen-bond donors (Lipinski definition) is 1. The molecule has 5 atom stereocenters. The number of fused-ring (bicyclic) bond motifs is 1. The van der Waals surface area contributed by atoms with Crippen molar-refractivity contribution in [2.75, 3.05) is 31.2 Å². The first kappa shape index (κ1) is 29.0. The molecule has 3 aliphatic heterocycles. The lowest BCUT2D eigenvalue weighted by molar-refractivity contribution is -0.161. The minimum absolute atomic E-state index is 0.0199. The summed E-state index contributed by atoms with van der Waals surface area (Å²) in [4.78, 5) is 45.2. The van der Waals surface area contributed by atoms with Gasteiger partial charge in [-0.25, -0.2) is 0 Å². The lowest BCUT2D eigenvalue weighted by Gasteiger charge is -2.37. The maximum Gasteiger partial charge on any atom is 0.312 e. The maximum absolute atomic E-state index is 14.5. The Hall–Kier alpha value is -2.97. The highest BCUT2D eigenvalue weighted by atomic mass is 16.6. The van der Waals surface area contributed by atoms with Gasteiger partial charge in [-0.15, -0.1) is 13.2 Å². The van der Waals surface area contributed by atoms with Crippen LogP contribution in [0.15, 0.2) is 43.5 Å². The van der Waals surface area contributed by atoms with E-state index in [0.29, 0.717) is 25.7 Å². The van der Waals surface area contributed by atoms with Crippen molar-refractivity contribution >= 4 is 23.5 Å². The number of para-hydroxylation sites is 1. The summed E-state index contributed by atoms with van der Waals surface area (Å²) in [6.07, 6.45) is 7.48. The van der Waals surface area contributed by atoms with E-state index in [4.69, 9.17) is 9.47 Å². The SMILES string of the molecule is C=CCCCCOC(=O)[C@@H]1[C@H]2C(=O)N(CCO)C(C(=O)N(CC=C)c3c(C)cccc3C)C23CC[C@@]1(CC)O3. The molecule has 8 heteroatoms. The minimum atomic E-state index is -1.16. The molecule has 39 heavy (non-hydrogen) atoms. The number of anilines is 1. The van der Waals surface area contributed by atoms with Gasteiger partial charge in [0.15, 0.2) is 0 Å². The second-order valence-corrected chi connectivity index (χ2v) is 11.0. The Morgan fingerprint density at radius 1 is 1.21 bits per heavy atom. The van der Waals surface area contributed by atoms with Crippen molar-refractivity contribution in [2.24, 2.45) is 11.8 Å². The quantitative estimate of drug-likeness (QED) is 0.233. The van der Waals surface area contributed by atoms with Crippen LogP contribution >= 0.6 is 0 Å². The summed E-state index contributed by atoms with van der Waals surface area (Å²) < 4.78 is 12.5. The fraction of sp³-hybridized carbons (Fsp3) is 0.581. The molecule has 0 saturated carbocycles. The molecule has 8 nitrogen and oxygen atoms in total. The molecule has 3 aliphatic rings. The molecule has 1 spiro atoms. The molecule has 0 aromatic heterocycles. The van der Waals surface area contributed by atoms with Gasteiger partial charge >= 0.3 is 5.97 Å². The predicted molar refractivity (Wildman–Crippen MR) is 149 cm³/mol. The zero-order valence-corrected chi connectivity index (χ0v) is 23.5. The molecule has 4 rings (SSSR count). The first-order valence-corrected chi connectivity index (χ1v) is 14.1. The largest absolute Gasteiger partial charge is 0.465 e. The molecular formula is C31H42N2O6. The number of aliphatic hydroxyl groups is 1. The Labute approximate surface area is 231 Å². The second kappa shape index (κ2) is 11.6. The van der Waals surface area contributed by atoms with E-state index in [1.807, 2.05) is 45.0 Å². The minimum Gasteiger partial charge on any atom is -0.465 e. The predicted octanol–water partition coefficient (Wildman–Crippen LogP) is 3.87. The molecule has 2 bridgehead atoms. The molecule has 3 fully saturated rings. The van der Waals surface area contributed by atoms with Gasteiger partial charge < -0.3 is 24.4 Å². The van der Waals surface area contributed by atoms with Crippen molar-refractivity contribution in [3.8, 4) is 0 Å². The number of ether oxygens (including phenoxy) is 2. The van der Waals surface area contributed by atoms with Crippen molar-refractivity contribution in [1.82, 2.24) is 4.90 Å². The van der Waals surface area contributed by atoms with E-state index in [1.165, 1.54) is 4.90 Å². The van der Waals surface area contributed by atoms with Crippen LogP contribution < -0.4 is 4.90 Å². The topological polar surface area (TPSA) is 96.4 Å². The van der Waals surface area contributed by atoms with E-state index in [1.54, 1.807) is 11.0 Å². The number of likely N-dealkylation sites (tertiary alicyclic amines) is 1. The molecule has 2 unspecified atom stereocenters. The number of amides is 2. The number of β-amino-alcohol motifs (C(OH)–C–C–N with tert-alkyl or cyclic N) is 1. The van der Waals surface area contributed by atoms with E-state index < -0.39 is 35.0 Å². The van der Waals surface area contributed by atoms with Gasteiger partial charge in [-0.05, 0) is 63.5 Å². The van der Waals surface area contributed by atoms with Crippen molar-refractivity contribution in [2.45, 2.75) is 76.5 Å². The number of esters is 1. The van der Waals surface area contributed by atoms with Gasteiger partial charge in [0.05, 0.1) is 24.7 Å². The molecule has 0 radical (unpaired) electrons. The van der Waals surface area contributed by atoms with Crippen LogP contribution in [0.3, 0.4) is 0 Å². The number of hydrogen-bond acceptors (Lipinski definition) is 6. The van der Waals surface area contributed by atoms with E-state index in [2.05, 4.69) is 13.2 Å². The molecule has 3 saturated heterocycles. The van der Waals surface area contributed by atoms with E-state index in [0.717, 1.165) is 29.7 Å². The number of benzene rings is 1. The zero-order valence-electron chi connectivity index (χ0n) is 23.5. The summed E-state index contributed by atoms with van der Waals surface area (Å²) in [5.74, 6) is -2.69. The Morgan fingerprint density at radius 2 is 1.92 bits per heavy atom.